The Morgan fingerprint density at radius 3 is 3.18 bits per heavy atom. The van der Waals surface area contributed by atoms with E-state index in [4.69, 9.17) is 0 Å². The summed E-state index contributed by atoms with van der Waals surface area (Å²) in [5, 5.41) is 21.0. The fourth-order valence-corrected chi connectivity index (χ4v) is 2.21. The molecule has 0 bridgehead atoms. The minimum absolute atomic E-state index is 0.448. The maximum atomic E-state index is 9.85. The van der Waals surface area contributed by atoms with Crippen LogP contribution in [0.4, 0.5) is 0 Å². The Kier molecular flexibility index (Phi) is 4.08. The second-order valence-electron chi connectivity index (χ2n) is 3.71. The van der Waals surface area contributed by atoms with Crippen LogP contribution < -0.4 is 5.32 Å². The molecule has 0 aliphatic rings. The highest BCUT2D eigenvalue weighted by Crippen LogP contribution is 2.15. The van der Waals surface area contributed by atoms with Gasteiger partial charge in [0.25, 0.3) is 0 Å². The van der Waals surface area contributed by atoms with Crippen LogP contribution in [0.5, 0.6) is 0 Å². The molecule has 5 heteroatoms. The molecule has 0 spiro atoms. The van der Waals surface area contributed by atoms with Gasteiger partial charge in [0.2, 0.25) is 0 Å². The van der Waals surface area contributed by atoms with Crippen LogP contribution in [0.1, 0.15) is 17.2 Å². The maximum Gasteiger partial charge on any atom is 0.0922 e. The molecule has 4 nitrogen and oxygen atoms in total. The van der Waals surface area contributed by atoms with Crippen LogP contribution in [0.3, 0.4) is 0 Å². The molecule has 1 unspecified atom stereocenters. The number of hydrogen-bond donors (Lipinski definition) is 2. The summed E-state index contributed by atoms with van der Waals surface area (Å²) in [7, 11) is 0. The first-order chi connectivity index (χ1) is 8.29. The Balaban J connectivity index is 1.77. The van der Waals surface area contributed by atoms with Crippen LogP contribution in [0, 0.1) is 0 Å². The number of rotatable bonds is 6. The second-order valence-corrected chi connectivity index (χ2v) is 4.49. The molecule has 1 atom stereocenters. The largest absolute Gasteiger partial charge is 0.387 e. The van der Waals surface area contributed by atoms with Crippen LogP contribution in [-0.4, -0.2) is 21.4 Å². The lowest BCUT2D eigenvalue weighted by Gasteiger charge is -2.09. The standard InChI is InChI=1S/C12H15N3OS/c1-2-15-8-10(6-14-15)5-13-7-12(16)11-3-4-17-9-11/h2-4,6,8-9,12-13,16H,1,5,7H2. The van der Waals surface area contributed by atoms with Crippen LogP contribution in [0.2, 0.25) is 0 Å². The van der Waals surface area contributed by atoms with Gasteiger partial charge < -0.3 is 10.4 Å². The molecule has 0 aliphatic heterocycles. The van der Waals surface area contributed by atoms with Gasteiger partial charge in [0.1, 0.15) is 0 Å². The molecule has 0 saturated carbocycles. The van der Waals surface area contributed by atoms with Crippen molar-refractivity contribution in [1.29, 1.82) is 0 Å². The van der Waals surface area contributed by atoms with Crippen molar-refractivity contribution in [3.63, 3.8) is 0 Å². The molecule has 0 saturated heterocycles. The lowest BCUT2D eigenvalue weighted by Crippen LogP contribution is -2.20. The van der Waals surface area contributed by atoms with E-state index < -0.39 is 6.10 Å². The molecule has 0 amide bonds. The third-order valence-corrected chi connectivity index (χ3v) is 3.14. The molecule has 2 aromatic heterocycles. The highest BCUT2D eigenvalue weighted by atomic mass is 32.1. The molecule has 0 aliphatic carbocycles. The first-order valence-corrected chi connectivity index (χ1v) is 6.30. The van der Waals surface area contributed by atoms with Gasteiger partial charge in [-0.1, -0.05) is 6.58 Å². The minimum Gasteiger partial charge on any atom is -0.387 e. The van der Waals surface area contributed by atoms with Crippen molar-refractivity contribution in [3.05, 3.63) is 46.9 Å². The topological polar surface area (TPSA) is 50.1 Å². The van der Waals surface area contributed by atoms with Crippen LogP contribution >= 0.6 is 11.3 Å². The Hall–Kier alpha value is -1.43. The average Bonchev–Trinajstić information content (AvgIpc) is 3.00. The van der Waals surface area contributed by atoms with Gasteiger partial charge in [-0.05, 0) is 22.4 Å². The Bertz CT molecular complexity index is 464. The van der Waals surface area contributed by atoms with E-state index in [-0.39, 0.29) is 0 Å². The van der Waals surface area contributed by atoms with Gasteiger partial charge in [-0.25, -0.2) is 4.68 Å². The smallest absolute Gasteiger partial charge is 0.0922 e. The minimum atomic E-state index is -0.448. The van der Waals surface area contributed by atoms with E-state index in [1.165, 1.54) is 0 Å². The van der Waals surface area contributed by atoms with Crippen molar-refractivity contribution in [2.24, 2.45) is 0 Å². The first kappa shape index (κ1) is 12.0. The van der Waals surface area contributed by atoms with Crippen molar-refractivity contribution in [3.8, 4) is 0 Å². The monoisotopic (exact) mass is 249 g/mol. The summed E-state index contributed by atoms with van der Waals surface area (Å²) in [5.41, 5.74) is 2.03. The number of nitrogens with zero attached hydrogens (tertiary/aromatic N) is 2. The molecular weight excluding hydrogens is 234 g/mol. The van der Waals surface area contributed by atoms with E-state index in [1.807, 2.05) is 23.0 Å². The van der Waals surface area contributed by atoms with Gasteiger partial charge >= 0.3 is 0 Å². The zero-order chi connectivity index (χ0) is 12.1. The van der Waals surface area contributed by atoms with Gasteiger partial charge in [0, 0.05) is 31.0 Å². The number of aliphatic hydroxyl groups is 1. The molecule has 0 fully saturated rings. The van der Waals surface area contributed by atoms with Crippen LogP contribution in [0.15, 0.2) is 35.8 Å². The highest BCUT2D eigenvalue weighted by Gasteiger charge is 2.07. The molecule has 2 N–H and O–H groups in total. The quantitative estimate of drug-likeness (QED) is 0.821. The van der Waals surface area contributed by atoms with Crippen molar-refractivity contribution < 1.29 is 5.11 Å². The number of hydrogen-bond acceptors (Lipinski definition) is 4. The van der Waals surface area contributed by atoms with Gasteiger partial charge in [-0.3, -0.25) is 0 Å². The molecular formula is C12H15N3OS. The van der Waals surface area contributed by atoms with Crippen molar-refractivity contribution >= 4 is 17.5 Å². The molecule has 17 heavy (non-hydrogen) atoms. The van der Waals surface area contributed by atoms with Crippen molar-refractivity contribution in [2.75, 3.05) is 6.54 Å². The van der Waals surface area contributed by atoms with E-state index in [1.54, 1.807) is 28.4 Å². The number of nitrogens with one attached hydrogen (secondary N) is 1. The summed E-state index contributed by atoms with van der Waals surface area (Å²) < 4.78 is 1.66. The molecule has 2 aromatic rings. The lowest BCUT2D eigenvalue weighted by atomic mass is 10.2. The summed E-state index contributed by atoms with van der Waals surface area (Å²) >= 11 is 1.59. The Labute approximate surface area is 104 Å². The Morgan fingerprint density at radius 1 is 1.65 bits per heavy atom. The molecule has 90 valence electrons. The van der Waals surface area contributed by atoms with E-state index >= 15 is 0 Å². The fourth-order valence-electron chi connectivity index (χ4n) is 1.50. The summed E-state index contributed by atoms with van der Waals surface area (Å²) in [6, 6.07) is 1.94. The lowest BCUT2D eigenvalue weighted by molar-refractivity contribution is 0.175. The van der Waals surface area contributed by atoms with E-state index in [9.17, 15) is 5.11 Å². The van der Waals surface area contributed by atoms with Gasteiger partial charge in [-0.2, -0.15) is 16.4 Å². The summed E-state index contributed by atoms with van der Waals surface area (Å²) in [4.78, 5) is 0. The zero-order valence-corrected chi connectivity index (χ0v) is 10.2. The van der Waals surface area contributed by atoms with Crippen LogP contribution in [0.25, 0.3) is 6.20 Å². The number of thiophene rings is 1. The van der Waals surface area contributed by atoms with Gasteiger partial charge in [-0.15, -0.1) is 0 Å². The first-order valence-electron chi connectivity index (χ1n) is 5.36. The van der Waals surface area contributed by atoms with Crippen molar-refractivity contribution in [2.45, 2.75) is 12.6 Å². The predicted molar refractivity (Wildman–Crippen MR) is 69.6 cm³/mol. The zero-order valence-electron chi connectivity index (χ0n) is 9.41. The predicted octanol–water partition coefficient (Wildman–Crippen LogP) is 1.87. The number of aromatic nitrogens is 2. The van der Waals surface area contributed by atoms with E-state index in [2.05, 4.69) is 17.0 Å². The van der Waals surface area contributed by atoms with Crippen LogP contribution in [-0.2, 0) is 6.54 Å². The van der Waals surface area contributed by atoms with Gasteiger partial charge in [0.15, 0.2) is 0 Å². The number of aliphatic hydroxyl groups excluding tert-OH is 1. The molecule has 2 heterocycles. The van der Waals surface area contributed by atoms with Gasteiger partial charge in [0.05, 0.1) is 12.3 Å². The molecule has 0 aromatic carbocycles. The second kappa shape index (κ2) is 5.77. The van der Waals surface area contributed by atoms with Crippen molar-refractivity contribution in [1.82, 2.24) is 15.1 Å². The fraction of sp³-hybridized carbons (Fsp3) is 0.250. The summed E-state index contributed by atoms with van der Waals surface area (Å²) in [5.74, 6) is 0. The maximum absolute atomic E-state index is 9.85. The highest BCUT2D eigenvalue weighted by molar-refractivity contribution is 7.07. The Morgan fingerprint density at radius 2 is 2.53 bits per heavy atom. The molecule has 0 radical (unpaired) electrons. The average molecular weight is 249 g/mol. The molecule has 2 rings (SSSR count). The van der Waals surface area contributed by atoms with E-state index in [0.717, 1.165) is 11.1 Å². The van der Waals surface area contributed by atoms with E-state index in [0.29, 0.717) is 13.1 Å². The summed E-state index contributed by atoms with van der Waals surface area (Å²) in [6.07, 6.45) is 4.88. The third-order valence-electron chi connectivity index (χ3n) is 2.44. The third kappa shape index (κ3) is 3.26. The SMILES string of the molecule is C=Cn1cc(CNCC(O)c2ccsc2)cn1. The summed E-state index contributed by atoms with van der Waals surface area (Å²) in [6.45, 7) is 4.85. The normalized spacial score (nSPS) is 12.5.